The van der Waals surface area contributed by atoms with E-state index in [4.69, 9.17) is 15.9 Å². The maximum absolute atomic E-state index is 13.1. The van der Waals surface area contributed by atoms with Crippen LogP contribution < -0.4 is 5.73 Å². The minimum Gasteiger partial charge on any atom is -0.505 e. The minimum atomic E-state index is -3.86. The first-order valence-electron chi connectivity index (χ1n) is 4.22. The Morgan fingerprint density at radius 2 is 1.71 bits per heavy atom. The minimum absolute atomic E-state index is 0. The lowest BCUT2D eigenvalue weighted by Gasteiger charge is -2.22. The van der Waals surface area contributed by atoms with Crippen molar-refractivity contribution >= 4 is 12.4 Å². The number of aliphatic hydroxyl groups excluding tert-OH is 1. The van der Waals surface area contributed by atoms with Crippen LogP contribution in [0, 0.1) is 11.6 Å². The van der Waals surface area contributed by atoms with Gasteiger partial charge in [0.25, 0.3) is 5.92 Å². The fourth-order valence-corrected chi connectivity index (χ4v) is 1.16. The van der Waals surface area contributed by atoms with Crippen LogP contribution in [0.5, 0.6) is 5.75 Å². The Bertz CT molecular complexity index is 403. The maximum Gasteiger partial charge on any atom is 0.289 e. The van der Waals surface area contributed by atoms with E-state index in [1.807, 2.05) is 0 Å². The number of aliphatic hydroxyl groups is 1. The van der Waals surface area contributed by atoms with Crippen molar-refractivity contribution in [3.63, 3.8) is 0 Å². The summed E-state index contributed by atoms with van der Waals surface area (Å²) in [5.74, 6) is -7.66. The topological polar surface area (TPSA) is 66.5 Å². The second-order valence-corrected chi connectivity index (χ2v) is 3.19. The third-order valence-corrected chi connectivity index (χ3v) is 2.09. The van der Waals surface area contributed by atoms with Crippen LogP contribution in [0.15, 0.2) is 12.1 Å². The molecule has 0 spiro atoms. The van der Waals surface area contributed by atoms with Gasteiger partial charge in [0, 0.05) is 0 Å². The quantitative estimate of drug-likeness (QED) is 0.736. The summed E-state index contributed by atoms with van der Waals surface area (Å²) in [4.78, 5) is 0. The molecule has 0 amide bonds. The highest BCUT2D eigenvalue weighted by atomic mass is 35.5. The van der Waals surface area contributed by atoms with Crippen LogP contribution >= 0.6 is 12.4 Å². The molecule has 17 heavy (non-hydrogen) atoms. The molecule has 0 unspecified atom stereocenters. The second kappa shape index (κ2) is 5.52. The van der Waals surface area contributed by atoms with Crippen molar-refractivity contribution in [3.05, 3.63) is 29.3 Å². The Labute approximate surface area is 100 Å². The van der Waals surface area contributed by atoms with Crippen LogP contribution in [0.4, 0.5) is 17.6 Å². The van der Waals surface area contributed by atoms with Crippen molar-refractivity contribution in [1.82, 2.24) is 0 Å². The SMILES string of the molecule is Cl.N[C@@H](c1c(F)ccc(F)c1O)C(F)(F)CO. The van der Waals surface area contributed by atoms with Gasteiger partial charge in [-0.2, -0.15) is 0 Å². The highest BCUT2D eigenvalue weighted by Gasteiger charge is 2.40. The predicted octanol–water partition coefficient (Wildman–Crippen LogP) is 1.72. The van der Waals surface area contributed by atoms with Gasteiger partial charge in [-0.15, -0.1) is 12.4 Å². The third-order valence-electron chi connectivity index (χ3n) is 2.09. The molecule has 1 atom stereocenters. The summed E-state index contributed by atoms with van der Waals surface area (Å²) >= 11 is 0. The summed E-state index contributed by atoms with van der Waals surface area (Å²) in [5, 5.41) is 17.4. The Morgan fingerprint density at radius 3 is 2.18 bits per heavy atom. The molecule has 0 aliphatic heterocycles. The van der Waals surface area contributed by atoms with Crippen molar-refractivity contribution in [2.24, 2.45) is 5.73 Å². The van der Waals surface area contributed by atoms with Crippen LogP contribution in [0.1, 0.15) is 11.6 Å². The molecule has 0 saturated carbocycles. The smallest absolute Gasteiger partial charge is 0.289 e. The van der Waals surface area contributed by atoms with E-state index in [0.717, 1.165) is 0 Å². The molecule has 1 rings (SSSR count). The molecule has 0 heterocycles. The summed E-state index contributed by atoms with van der Waals surface area (Å²) in [7, 11) is 0. The number of benzene rings is 1. The summed E-state index contributed by atoms with van der Waals surface area (Å²) in [5.41, 5.74) is 3.92. The maximum atomic E-state index is 13.1. The first-order valence-corrected chi connectivity index (χ1v) is 4.22. The van der Waals surface area contributed by atoms with E-state index >= 15 is 0 Å². The largest absolute Gasteiger partial charge is 0.505 e. The summed E-state index contributed by atoms with van der Waals surface area (Å²) in [6.45, 7) is -1.64. The molecule has 0 aromatic heterocycles. The van der Waals surface area contributed by atoms with Gasteiger partial charge in [-0.05, 0) is 12.1 Å². The van der Waals surface area contributed by atoms with Gasteiger partial charge < -0.3 is 15.9 Å². The predicted molar refractivity (Wildman–Crippen MR) is 54.2 cm³/mol. The zero-order valence-electron chi connectivity index (χ0n) is 8.33. The van der Waals surface area contributed by atoms with Crippen LogP contribution in [0.3, 0.4) is 0 Å². The fourth-order valence-electron chi connectivity index (χ4n) is 1.16. The molecule has 98 valence electrons. The molecular formula is C9H10ClF4NO2. The van der Waals surface area contributed by atoms with E-state index < -0.39 is 41.5 Å². The summed E-state index contributed by atoms with van der Waals surface area (Å²) in [6.07, 6.45) is 0. The molecule has 0 radical (unpaired) electrons. The van der Waals surface area contributed by atoms with Gasteiger partial charge in [-0.1, -0.05) is 0 Å². The van der Waals surface area contributed by atoms with Crippen molar-refractivity contribution in [3.8, 4) is 5.75 Å². The average Bonchev–Trinajstić information content (AvgIpc) is 2.24. The molecule has 0 bridgehead atoms. The van der Waals surface area contributed by atoms with Crippen LogP contribution in [-0.4, -0.2) is 22.7 Å². The van der Waals surface area contributed by atoms with Gasteiger partial charge in [-0.25, -0.2) is 17.6 Å². The number of halogens is 5. The number of phenolic OH excluding ortho intramolecular Hbond substituents is 1. The van der Waals surface area contributed by atoms with Crippen LogP contribution in [0.25, 0.3) is 0 Å². The standard InChI is InChI=1S/C9H9F4NO2.ClH/c10-4-1-2-5(11)7(16)6(4)8(14)9(12,13)3-15;/h1-2,8,15-16H,3,14H2;1H/t8-;/m0./s1. The van der Waals surface area contributed by atoms with E-state index in [-0.39, 0.29) is 12.4 Å². The molecule has 0 aliphatic rings. The first-order chi connectivity index (χ1) is 7.31. The lowest BCUT2D eigenvalue weighted by molar-refractivity contribution is -0.0723. The molecule has 0 saturated heterocycles. The molecule has 0 aliphatic carbocycles. The molecular weight excluding hydrogens is 266 g/mol. The average molecular weight is 276 g/mol. The summed E-state index contributed by atoms with van der Waals surface area (Å²) < 4.78 is 51.9. The number of rotatable bonds is 3. The Balaban J connectivity index is 0.00000256. The molecule has 1 aromatic rings. The van der Waals surface area contributed by atoms with Crippen molar-refractivity contribution in [1.29, 1.82) is 0 Å². The number of alkyl halides is 2. The Kier molecular flexibility index (Phi) is 5.18. The van der Waals surface area contributed by atoms with Gasteiger partial charge >= 0.3 is 0 Å². The van der Waals surface area contributed by atoms with Crippen molar-refractivity contribution in [2.75, 3.05) is 6.61 Å². The van der Waals surface area contributed by atoms with Gasteiger partial charge in [0.05, 0.1) is 5.56 Å². The highest BCUT2D eigenvalue weighted by Crippen LogP contribution is 2.36. The molecule has 1 aromatic carbocycles. The second-order valence-electron chi connectivity index (χ2n) is 3.19. The third kappa shape index (κ3) is 2.99. The van der Waals surface area contributed by atoms with Crippen molar-refractivity contribution in [2.45, 2.75) is 12.0 Å². The van der Waals surface area contributed by atoms with Gasteiger partial charge in [0.15, 0.2) is 11.6 Å². The summed E-state index contributed by atoms with van der Waals surface area (Å²) in [6, 6.07) is -1.18. The van der Waals surface area contributed by atoms with E-state index in [1.54, 1.807) is 0 Å². The monoisotopic (exact) mass is 275 g/mol. The zero-order chi connectivity index (χ0) is 12.5. The molecule has 0 fully saturated rings. The number of hydrogen-bond acceptors (Lipinski definition) is 3. The Hall–Kier alpha value is -1.05. The lowest BCUT2D eigenvalue weighted by Crippen LogP contribution is -2.37. The molecule has 4 N–H and O–H groups in total. The van der Waals surface area contributed by atoms with Crippen LogP contribution in [-0.2, 0) is 0 Å². The van der Waals surface area contributed by atoms with Gasteiger partial charge in [0.2, 0.25) is 0 Å². The highest BCUT2D eigenvalue weighted by molar-refractivity contribution is 5.85. The van der Waals surface area contributed by atoms with Gasteiger partial charge in [0.1, 0.15) is 18.5 Å². The Morgan fingerprint density at radius 1 is 1.24 bits per heavy atom. The zero-order valence-corrected chi connectivity index (χ0v) is 9.15. The molecule has 3 nitrogen and oxygen atoms in total. The lowest BCUT2D eigenvalue weighted by atomic mass is 10.00. The first kappa shape index (κ1) is 16.0. The van der Waals surface area contributed by atoms with Crippen LogP contribution in [0.2, 0.25) is 0 Å². The number of aromatic hydroxyl groups is 1. The van der Waals surface area contributed by atoms with E-state index in [1.165, 1.54) is 0 Å². The van der Waals surface area contributed by atoms with E-state index in [9.17, 15) is 17.6 Å². The normalized spacial score (nSPS) is 13.1. The number of phenols is 1. The van der Waals surface area contributed by atoms with E-state index in [0.29, 0.717) is 12.1 Å². The van der Waals surface area contributed by atoms with E-state index in [2.05, 4.69) is 0 Å². The van der Waals surface area contributed by atoms with Gasteiger partial charge in [-0.3, -0.25) is 0 Å². The molecule has 8 heteroatoms. The fraction of sp³-hybridized carbons (Fsp3) is 0.333. The number of nitrogens with two attached hydrogens (primary N) is 1. The van der Waals surface area contributed by atoms with Crippen molar-refractivity contribution < 1.29 is 27.8 Å². The number of hydrogen-bond donors (Lipinski definition) is 3.